The van der Waals surface area contributed by atoms with Gasteiger partial charge in [0.25, 0.3) is 0 Å². The van der Waals surface area contributed by atoms with Crippen LogP contribution >= 0.6 is 34.8 Å². The number of anilines is 1. The zero-order valence-electron chi connectivity index (χ0n) is 9.60. The van der Waals surface area contributed by atoms with Crippen molar-refractivity contribution in [2.45, 2.75) is 32.7 Å². The highest BCUT2D eigenvalue weighted by Crippen LogP contribution is 2.31. The van der Waals surface area contributed by atoms with Crippen molar-refractivity contribution >= 4 is 40.6 Å². The second-order valence-corrected chi connectivity index (χ2v) is 4.99. The van der Waals surface area contributed by atoms with Crippen LogP contribution in [0.15, 0.2) is 6.07 Å². The van der Waals surface area contributed by atoms with Gasteiger partial charge in [-0.05, 0) is 19.4 Å². The fourth-order valence-corrected chi connectivity index (χ4v) is 2.13. The smallest absolute Gasteiger partial charge is 0.150 e. The van der Waals surface area contributed by atoms with Crippen molar-refractivity contribution in [2.24, 2.45) is 0 Å². The van der Waals surface area contributed by atoms with Gasteiger partial charge in [0.05, 0.1) is 10.0 Å². The molecule has 2 nitrogen and oxygen atoms in total. The SMILES string of the molecule is CCCC(C)N(C)c1nc(Cl)c(Cl)cc1Cl. The lowest BCUT2D eigenvalue weighted by Crippen LogP contribution is -2.29. The molecule has 0 fully saturated rings. The minimum Gasteiger partial charge on any atom is -0.356 e. The maximum atomic E-state index is 6.09. The van der Waals surface area contributed by atoms with E-state index in [9.17, 15) is 0 Å². The van der Waals surface area contributed by atoms with E-state index in [0.29, 0.717) is 21.9 Å². The molecule has 0 spiro atoms. The summed E-state index contributed by atoms with van der Waals surface area (Å²) in [6.45, 7) is 4.28. The first-order valence-corrected chi connectivity index (χ1v) is 6.35. The van der Waals surface area contributed by atoms with Crippen molar-refractivity contribution in [3.05, 3.63) is 21.3 Å². The van der Waals surface area contributed by atoms with Gasteiger partial charge >= 0.3 is 0 Å². The van der Waals surface area contributed by atoms with Crippen molar-refractivity contribution < 1.29 is 0 Å². The molecule has 1 heterocycles. The molecule has 0 bridgehead atoms. The fraction of sp³-hybridized carbons (Fsp3) is 0.545. The quantitative estimate of drug-likeness (QED) is 0.746. The summed E-state index contributed by atoms with van der Waals surface area (Å²) in [7, 11) is 1.96. The van der Waals surface area contributed by atoms with Crippen LogP contribution in [-0.2, 0) is 0 Å². The molecule has 1 unspecified atom stereocenters. The largest absolute Gasteiger partial charge is 0.356 e. The predicted octanol–water partition coefficient (Wildman–Crippen LogP) is 4.67. The normalized spacial score (nSPS) is 12.6. The van der Waals surface area contributed by atoms with E-state index in [4.69, 9.17) is 34.8 Å². The molecular formula is C11H15Cl3N2. The Bertz CT molecular complexity index is 368. The Hall–Kier alpha value is -0.180. The van der Waals surface area contributed by atoms with E-state index < -0.39 is 0 Å². The number of halogens is 3. The zero-order valence-corrected chi connectivity index (χ0v) is 11.9. The molecule has 0 saturated heterocycles. The Kier molecular flexibility index (Phi) is 5.16. The van der Waals surface area contributed by atoms with Crippen LogP contribution in [-0.4, -0.2) is 18.1 Å². The van der Waals surface area contributed by atoms with Crippen LogP contribution in [0.1, 0.15) is 26.7 Å². The lowest BCUT2D eigenvalue weighted by molar-refractivity contribution is 0.611. The highest BCUT2D eigenvalue weighted by atomic mass is 35.5. The zero-order chi connectivity index (χ0) is 12.3. The lowest BCUT2D eigenvalue weighted by atomic mass is 10.2. The number of pyridine rings is 1. The number of aromatic nitrogens is 1. The topological polar surface area (TPSA) is 16.1 Å². The average molecular weight is 282 g/mol. The molecule has 0 radical (unpaired) electrons. The first kappa shape index (κ1) is 13.9. The van der Waals surface area contributed by atoms with Crippen molar-refractivity contribution in [3.8, 4) is 0 Å². The fourth-order valence-electron chi connectivity index (χ4n) is 1.50. The van der Waals surface area contributed by atoms with E-state index in [1.54, 1.807) is 6.07 Å². The lowest BCUT2D eigenvalue weighted by Gasteiger charge is -2.26. The molecule has 1 aromatic heterocycles. The highest BCUT2D eigenvalue weighted by Gasteiger charge is 2.15. The predicted molar refractivity (Wildman–Crippen MR) is 72.0 cm³/mol. The van der Waals surface area contributed by atoms with E-state index in [0.717, 1.165) is 12.8 Å². The van der Waals surface area contributed by atoms with Gasteiger partial charge < -0.3 is 4.90 Å². The summed E-state index contributed by atoms with van der Waals surface area (Å²) in [6, 6.07) is 2.00. The summed E-state index contributed by atoms with van der Waals surface area (Å²) in [5.41, 5.74) is 0. The third-order valence-corrected chi connectivity index (χ3v) is 3.52. The van der Waals surface area contributed by atoms with Gasteiger partial charge in [-0.3, -0.25) is 0 Å². The van der Waals surface area contributed by atoms with Crippen LogP contribution < -0.4 is 4.90 Å². The Morgan fingerprint density at radius 1 is 1.31 bits per heavy atom. The highest BCUT2D eigenvalue weighted by molar-refractivity contribution is 6.42. The first-order valence-electron chi connectivity index (χ1n) is 5.21. The van der Waals surface area contributed by atoms with Crippen LogP contribution in [0, 0.1) is 0 Å². The molecule has 16 heavy (non-hydrogen) atoms. The molecule has 0 aliphatic heterocycles. The second kappa shape index (κ2) is 5.95. The van der Waals surface area contributed by atoms with Gasteiger partial charge in [0.2, 0.25) is 0 Å². The summed E-state index contributed by atoms with van der Waals surface area (Å²) in [5, 5.41) is 1.20. The van der Waals surface area contributed by atoms with E-state index in [2.05, 4.69) is 18.8 Å². The van der Waals surface area contributed by atoms with Gasteiger partial charge in [-0.25, -0.2) is 4.98 Å². The molecule has 0 amide bonds. The maximum absolute atomic E-state index is 6.09. The molecule has 1 aromatic rings. The Morgan fingerprint density at radius 2 is 1.94 bits per heavy atom. The molecule has 0 N–H and O–H groups in total. The maximum Gasteiger partial charge on any atom is 0.150 e. The summed E-state index contributed by atoms with van der Waals surface area (Å²) in [6.07, 6.45) is 2.19. The summed E-state index contributed by atoms with van der Waals surface area (Å²) < 4.78 is 0. The Balaban J connectivity index is 2.99. The second-order valence-electron chi connectivity index (χ2n) is 3.82. The van der Waals surface area contributed by atoms with Crippen molar-refractivity contribution in [1.29, 1.82) is 0 Å². The van der Waals surface area contributed by atoms with Crippen LogP contribution in [0.4, 0.5) is 5.82 Å². The minimum absolute atomic E-state index is 0.289. The molecule has 0 aliphatic carbocycles. The van der Waals surface area contributed by atoms with Crippen LogP contribution in [0.2, 0.25) is 15.2 Å². The van der Waals surface area contributed by atoms with Gasteiger partial charge in [0, 0.05) is 13.1 Å². The van der Waals surface area contributed by atoms with Gasteiger partial charge in [0.15, 0.2) is 0 Å². The molecule has 0 saturated carbocycles. The Labute approximate surface area is 112 Å². The number of nitrogens with zero attached hydrogens (tertiary/aromatic N) is 2. The average Bonchev–Trinajstić information content (AvgIpc) is 2.23. The van der Waals surface area contributed by atoms with E-state index in [1.807, 2.05) is 11.9 Å². The van der Waals surface area contributed by atoms with Gasteiger partial charge in [0.1, 0.15) is 11.0 Å². The molecule has 1 atom stereocenters. The molecule has 1 rings (SSSR count). The molecule has 5 heteroatoms. The summed E-state index contributed by atoms with van der Waals surface area (Å²) in [5.74, 6) is 0.678. The van der Waals surface area contributed by atoms with Crippen molar-refractivity contribution in [1.82, 2.24) is 4.98 Å². The van der Waals surface area contributed by atoms with Gasteiger partial charge in [-0.2, -0.15) is 0 Å². The van der Waals surface area contributed by atoms with E-state index >= 15 is 0 Å². The third-order valence-electron chi connectivity index (χ3n) is 2.57. The van der Waals surface area contributed by atoms with E-state index in [1.165, 1.54) is 0 Å². The molecule has 90 valence electrons. The van der Waals surface area contributed by atoms with Gasteiger partial charge in [-0.1, -0.05) is 48.1 Å². The Morgan fingerprint density at radius 3 is 2.50 bits per heavy atom. The van der Waals surface area contributed by atoms with Crippen molar-refractivity contribution in [3.63, 3.8) is 0 Å². The first-order chi connectivity index (χ1) is 7.47. The number of hydrogen-bond donors (Lipinski definition) is 0. The van der Waals surface area contributed by atoms with Crippen LogP contribution in [0.5, 0.6) is 0 Å². The third kappa shape index (κ3) is 3.16. The molecule has 0 aromatic carbocycles. The standard InChI is InChI=1S/C11H15Cl3N2/c1-4-5-7(2)16(3)11-9(13)6-8(12)10(14)15-11/h6-7H,4-5H2,1-3H3. The minimum atomic E-state index is 0.289. The molecule has 0 aliphatic rings. The van der Waals surface area contributed by atoms with Crippen molar-refractivity contribution in [2.75, 3.05) is 11.9 Å². The number of rotatable bonds is 4. The van der Waals surface area contributed by atoms with Gasteiger partial charge in [-0.15, -0.1) is 0 Å². The van der Waals surface area contributed by atoms with E-state index in [-0.39, 0.29) is 5.15 Å². The van der Waals surface area contributed by atoms with Crippen LogP contribution in [0.3, 0.4) is 0 Å². The van der Waals surface area contributed by atoms with Crippen LogP contribution in [0.25, 0.3) is 0 Å². The summed E-state index contributed by atoms with van der Waals surface area (Å²) >= 11 is 17.8. The monoisotopic (exact) mass is 280 g/mol. The number of hydrogen-bond acceptors (Lipinski definition) is 2. The summed E-state index contributed by atoms with van der Waals surface area (Å²) in [4.78, 5) is 6.22. The molecular weight excluding hydrogens is 266 g/mol.